The lowest BCUT2D eigenvalue weighted by Gasteiger charge is -2.45. The lowest BCUT2D eigenvalue weighted by Crippen LogP contribution is -2.42. The van der Waals surface area contributed by atoms with Gasteiger partial charge in [0, 0.05) is 25.8 Å². The third-order valence-corrected chi connectivity index (χ3v) is 7.43. The molecular formula is C27H28FNO5S. The Morgan fingerprint density at radius 2 is 1.71 bits per heavy atom. The van der Waals surface area contributed by atoms with E-state index >= 15 is 0 Å². The lowest BCUT2D eigenvalue weighted by atomic mass is 9.81. The first-order valence-corrected chi connectivity index (χ1v) is 12.1. The lowest BCUT2D eigenvalue weighted by molar-refractivity contribution is -0.0114. The van der Waals surface area contributed by atoms with E-state index < -0.39 is 0 Å². The zero-order valence-corrected chi connectivity index (χ0v) is 21.0. The van der Waals surface area contributed by atoms with E-state index in [0.29, 0.717) is 22.1 Å². The van der Waals surface area contributed by atoms with Crippen LogP contribution in [0.2, 0.25) is 0 Å². The molecule has 2 heterocycles. The molecule has 0 saturated carbocycles. The maximum absolute atomic E-state index is 13.6. The van der Waals surface area contributed by atoms with Crippen molar-refractivity contribution in [3.8, 4) is 23.0 Å². The number of methoxy groups -OCH3 is 4. The summed E-state index contributed by atoms with van der Waals surface area (Å²) >= 11 is 1.11. The van der Waals surface area contributed by atoms with Gasteiger partial charge in [0.25, 0.3) is 0 Å². The van der Waals surface area contributed by atoms with Crippen molar-refractivity contribution >= 4 is 12.0 Å². The Bertz CT molecular complexity index is 1240. The van der Waals surface area contributed by atoms with Crippen LogP contribution in [0.5, 0.6) is 23.0 Å². The maximum atomic E-state index is 13.6. The molecule has 2 unspecified atom stereocenters. The molecule has 184 valence electrons. The number of nitrogens with zero attached hydrogens (tertiary/aromatic N) is 1. The number of hydrogen-bond donors (Lipinski definition) is 0. The molecule has 0 N–H and O–H groups in total. The summed E-state index contributed by atoms with van der Waals surface area (Å²) in [4.78, 5) is 3.09. The molecule has 2 atom stereocenters. The highest BCUT2D eigenvalue weighted by molar-refractivity contribution is 7.95. The summed E-state index contributed by atoms with van der Waals surface area (Å²) in [6.07, 6.45) is 0.673. The van der Waals surface area contributed by atoms with Crippen molar-refractivity contribution in [1.29, 1.82) is 0 Å². The summed E-state index contributed by atoms with van der Waals surface area (Å²) in [5.41, 5.74) is 4.52. The number of fused-ring (bicyclic) bond motifs is 4. The Morgan fingerprint density at radius 3 is 2.43 bits per heavy atom. The van der Waals surface area contributed by atoms with Gasteiger partial charge in [-0.15, -0.1) is 0 Å². The van der Waals surface area contributed by atoms with Crippen molar-refractivity contribution in [2.24, 2.45) is 0 Å². The normalized spacial score (nSPS) is 18.8. The summed E-state index contributed by atoms with van der Waals surface area (Å²) in [7, 11) is 6.69. The number of ether oxygens (including phenoxy) is 4. The summed E-state index contributed by atoms with van der Waals surface area (Å²) in [6, 6.07) is 14.4. The minimum atomic E-state index is -0.303. The maximum Gasteiger partial charge on any atom is 0.180 e. The Labute approximate surface area is 209 Å². The van der Waals surface area contributed by atoms with Gasteiger partial charge in [0.1, 0.15) is 11.9 Å². The standard InChI is InChI=1S/C27H28FNO5S/c1-30-22-9-8-19-21(26(22)32-3)15-29-11-10-16-12-23(31-2)24(14-20(16)25(29)27(19)33-4)34-35-18-7-5-6-17(28)13-18/h5-9,12-14,25,27H,10-11,15H2,1-4H3. The van der Waals surface area contributed by atoms with Crippen LogP contribution < -0.4 is 18.4 Å². The van der Waals surface area contributed by atoms with Crippen molar-refractivity contribution in [3.63, 3.8) is 0 Å². The fourth-order valence-electron chi connectivity index (χ4n) is 5.14. The van der Waals surface area contributed by atoms with Crippen molar-refractivity contribution in [2.45, 2.75) is 30.0 Å². The number of halogens is 1. The fourth-order valence-corrected chi connectivity index (χ4v) is 5.75. The van der Waals surface area contributed by atoms with Crippen LogP contribution in [0.3, 0.4) is 0 Å². The third kappa shape index (κ3) is 4.30. The molecule has 0 amide bonds. The minimum absolute atomic E-state index is 0.00165. The molecule has 35 heavy (non-hydrogen) atoms. The quantitative estimate of drug-likeness (QED) is 0.386. The molecule has 3 aromatic rings. The van der Waals surface area contributed by atoms with Gasteiger partial charge in [-0.25, -0.2) is 4.39 Å². The first-order chi connectivity index (χ1) is 17.1. The van der Waals surface area contributed by atoms with Gasteiger partial charge >= 0.3 is 0 Å². The summed E-state index contributed by atoms with van der Waals surface area (Å²) in [5, 5.41) is 0. The largest absolute Gasteiger partial charge is 0.493 e. The molecule has 3 aromatic carbocycles. The summed E-state index contributed by atoms with van der Waals surface area (Å²) in [5.74, 6) is 2.41. The molecule has 2 aliphatic rings. The summed E-state index contributed by atoms with van der Waals surface area (Å²) in [6.45, 7) is 1.60. The molecule has 2 aliphatic heterocycles. The van der Waals surface area contributed by atoms with Crippen molar-refractivity contribution in [1.82, 2.24) is 4.90 Å². The molecule has 0 fully saturated rings. The Kier molecular flexibility index (Phi) is 6.77. The first-order valence-electron chi connectivity index (χ1n) is 11.4. The van der Waals surface area contributed by atoms with Crippen LogP contribution >= 0.6 is 12.0 Å². The van der Waals surface area contributed by atoms with Gasteiger partial charge in [0.2, 0.25) is 0 Å². The van der Waals surface area contributed by atoms with Crippen molar-refractivity contribution in [2.75, 3.05) is 35.0 Å². The van der Waals surface area contributed by atoms with Crippen molar-refractivity contribution in [3.05, 3.63) is 76.6 Å². The molecule has 8 heteroatoms. The van der Waals surface area contributed by atoms with Gasteiger partial charge in [-0.05, 0) is 59.5 Å². The molecule has 5 rings (SSSR count). The van der Waals surface area contributed by atoms with Crippen LogP contribution in [0, 0.1) is 5.82 Å². The Hall–Kier alpha value is -2.94. The highest BCUT2D eigenvalue weighted by Gasteiger charge is 2.41. The Morgan fingerprint density at radius 1 is 0.886 bits per heavy atom. The molecule has 0 bridgehead atoms. The first kappa shape index (κ1) is 23.8. The second-order valence-electron chi connectivity index (χ2n) is 8.52. The molecular weight excluding hydrogens is 469 g/mol. The van der Waals surface area contributed by atoms with E-state index in [4.69, 9.17) is 23.1 Å². The van der Waals surface area contributed by atoms with Gasteiger partial charge in [-0.2, -0.15) is 0 Å². The topological polar surface area (TPSA) is 49.4 Å². The van der Waals surface area contributed by atoms with Crippen LogP contribution in [-0.4, -0.2) is 39.9 Å². The van der Waals surface area contributed by atoms with Gasteiger partial charge in [0.05, 0.1) is 44.3 Å². The van der Waals surface area contributed by atoms with Gasteiger partial charge in [-0.1, -0.05) is 12.1 Å². The number of benzene rings is 3. The SMILES string of the molecule is COc1cc2c(cc1OSc1cccc(F)c1)C1C(OC)c3ccc(OC)c(OC)c3CN1CC2. The van der Waals surface area contributed by atoms with E-state index in [-0.39, 0.29) is 18.0 Å². The monoisotopic (exact) mass is 497 g/mol. The number of rotatable bonds is 7. The highest BCUT2D eigenvalue weighted by Crippen LogP contribution is 2.51. The average Bonchev–Trinajstić information content (AvgIpc) is 2.89. The van der Waals surface area contributed by atoms with Crippen LogP contribution in [0.4, 0.5) is 4.39 Å². The van der Waals surface area contributed by atoms with Crippen LogP contribution in [0.25, 0.3) is 0 Å². The van der Waals surface area contributed by atoms with Gasteiger partial charge in [-0.3, -0.25) is 4.90 Å². The predicted molar refractivity (Wildman–Crippen MR) is 132 cm³/mol. The Balaban J connectivity index is 1.53. The average molecular weight is 498 g/mol. The van der Waals surface area contributed by atoms with E-state index in [1.807, 2.05) is 18.2 Å². The molecule has 0 aliphatic carbocycles. The van der Waals surface area contributed by atoms with Crippen LogP contribution in [0.1, 0.15) is 34.4 Å². The van der Waals surface area contributed by atoms with Crippen molar-refractivity contribution < 1.29 is 27.5 Å². The second-order valence-corrected chi connectivity index (χ2v) is 9.32. The van der Waals surface area contributed by atoms with E-state index in [2.05, 4.69) is 11.0 Å². The second kappa shape index (κ2) is 9.97. The summed E-state index contributed by atoms with van der Waals surface area (Å²) < 4.78 is 42.7. The predicted octanol–water partition coefficient (Wildman–Crippen LogP) is 5.74. The smallest absolute Gasteiger partial charge is 0.180 e. The number of hydrogen-bond acceptors (Lipinski definition) is 7. The fraction of sp³-hybridized carbons (Fsp3) is 0.333. The molecule has 0 aromatic heterocycles. The zero-order chi connectivity index (χ0) is 24.5. The van der Waals surface area contributed by atoms with E-state index in [1.54, 1.807) is 40.6 Å². The van der Waals surface area contributed by atoms with E-state index in [1.165, 1.54) is 17.7 Å². The van der Waals surface area contributed by atoms with Gasteiger partial charge in [0.15, 0.2) is 23.0 Å². The minimum Gasteiger partial charge on any atom is -0.493 e. The molecule has 0 saturated heterocycles. The van der Waals surface area contributed by atoms with E-state index in [9.17, 15) is 4.39 Å². The molecule has 6 nitrogen and oxygen atoms in total. The zero-order valence-electron chi connectivity index (χ0n) is 20.2. The van der Waals surface area contributed by atoms with Crippen LogP contribution in [-0.2, 0) is 17.7 Å². The molecule has 0 spiro atoms. The van der Waals surface area contributed by atoms with E-state index in [0.717, 1.165) is 54.0 Å². The molecule has 0 radical (unpaired) electrons. The van der Waals surface area contributed by atoms with Gasteiger partial charge < -0.3 is 23.1 Å². The van der Waals surface area contributed by atoms with Crippen LogP contribution in [0.15, 0.2) is 53.4 Å². The highest BCUT2D eigenvalue weighted by atomic mass is 32.2. The third-order valence-electron chi connectivity index (χ3n) is 6.72.